The Kier molecular flexibility index (Phi) is 7.32. The summed E-state index contributed by atoms with van der Waals surface area (Å²) < 4.78 is 10.5. The van der Waals surface area contributed by atoms with Gasteiger partial charge in [-0.05, 0) is 51.3 Å². The highest BCUT2D eigenvalue weighted by atomic mass is 16.6. The number of anilines is 1. The molecule has 1 aliphatic carbocycles. The fourth-order valence-electron chi connectivity index (χ4n) is 4.35. The molecule has 1 N–H and O–H groups in total. The van der Waals surface area contributed by atoms with E-state index >= 15 is 0 Å². The van der Waals surface area contributed by atoms with E-state index in [0.29, 0.717) is 24.2 Å². The topological polar surface area (TPSA) is 67.9 Å². The third-order valence-corrected chi connectivity index (χ3v) is 5.87. The molecule has 2 aliphatic rings. The first kappa shape index (κ1) is 22.1. The summed E-state index contributed by atoms with van der Waals surface area (Å²) in [5.41, 5.74) is 4.98. The summed E-state index contributed by atoms with van der Waals surface area (Å²) in [5.74, 6) is -0.703. The van der Waals surface area contributed by atoms with Crippen LogP contribution < -0.4 is 10.2 Å². The van der Waals surface area contributed by atoms with Gasteiger partial charge in [-0.15, -0.1) is 0 Å². The van der Waals surface area contributed by atoms with E-state index in [9.17, 15) is 9.59 Å². The fraction of sp³-hybridized carbons (Fsp3) is 0.500. The van der Waals surface area contributed by atoms with Crippen molar-refractivity contribution in [1.82, 2.24) is 5.32 Å². The van der Waals surface area contributed by atoms with Crippen molar-refractivity contribution < 1.29 is 19.1 Å². The molecule has 1 aromatic rings. The van der Waals surface area contributed by atoms with Crippen molar-refractivity contribution >= 4 is 17.4 Å². The number of ether oxygens (including phenoxy) is 2. The highest BCUT2D eigenvalue weighted by molar-refractivity contribution is 6.03. The van der Waals surface area contributed by atoms with E-state index in [0.717, 1.165) is 48.6 Å². The summed E-state index contributed by atoms with van der Waals surface area (Å²) >= 11 is 0. The second-order valence-electron chi connectivity index (χ2n) is 7.66. The first-order chi connectivity index (χ1) is 14.5. The molecule has 3 rings (SSSR count). The average molecular weight is 413 g/mol. The van der Waals surface area contributed by atoms with Crippen LogP contribution in [0, 0.1) is 0 Å². The Morgan fingerprint density at radius 1 is 1.13 bits per heavy atom. The number of methoxy groups -OCH3 is 1. The monoisotopic (exact) mass is 412 g/mol. The van der Waals surface area contributed by atoms with Crippen LogP contribution in [0.4, 0.5) is 5.69 Å². The van der Waals surface area contributed by atoms with Gasteiger partial charge in [0.15, 0.2) is 5.78 Å². The van der Waals surface area contributed by atoms with Gasteiger partial charge in [0.1, 0.15) is 6.61 Å². The zero-order chi connectivity index (χ0) is 21.7. The van der Waals surface area contributed by atoms with Crippen LogP contribution in [0.3, 0.4) is 0 Å². The van der Waals surface area contributed by atoms with Crippen LogP contribution in [0.2, 0.25) is 0 Å². The number of Topliss-reactive ketones (excluding diaryl/α,β-unsaturated/α-hetero) is 1. The number of hydrogen-bond acceptors (Lipinski definition) is 6. The normalized spacial score (nSPS) is 18.8. The van der Waals surface area contributed by atoms with Gasteiger partial charge in [0.05, 0.1) is 12.2 Å². The largest absolute Gasteiger partial charge is 0.460 e. The number of dihydropyridines is 1. The van der Waals surface area contributed by atoms with Crippen LogP contribution in [-0.4, -0.2) is 45.2 Å². The lowest BCUT2D eigenvalue weighted by molar-refractivity contribution is -0.140. The lowest BCUT2D eigenvalue weighted by atomic mass is 9.75. The molecular weight excluding hydrogens is 380 g/mol. The van der Waals surface area contributed by atoms with Crippen molar-refractivity contribution in [2.24, 2.45) is 0 Å². The van der Waals surface area contributed by atoms with Crippen molar-refractivity contribution in [2.45, 2.75) is 46.0 Å². The number of rotatable bonds is 8. The zero-order valence-corrected chi connectivity index (χ0v) is 18.4. The number of benzene rings is 1. The Balaban J connectivity index is 2.02. The molecule has 0 spiro atoms. The van der Waals surface area contributed by atoms with Crippen molar-refractivity contribution in [3.05, 3.63) is 52.4 Å². The summed E-state index contributed by atoms with van der Waals surface area (Å²) in [6, 6.07) is 8.21. The summed E-state index contributed by atoms with van der Waals surface area (Å²) in [7, 11) is 1.57. The molecule has 0 amide bonds. The molecule has 6 heteroatoms. The number of nitrogens with zero attached hydrogens (tertiary/aromatic N) is 1. The molecule has 30 heavy (non-hydrogen) atoms. The Labute approximate surface area is 178 Å². The lowest BCUT2D eigenvalue weighted by Gasteiger charge is -2.34. The molecule has 0 bridgehead atoms. The van der Waals surface area contributed by atoms with Gasteiger partial charge in [0.2, 0.25) is 0 Å². The number of esters is 1. The number of allylic oxidation sites excluding steroid dienone is 3. The minimum atomic E-state index is -0.408. The molecule has 0 radical (unpaired) electrons. The van der Waals surface area contributed by atoms with Crippen LogP contribution in [0.15, 0.2) is 46.8 Å². The predicted molar refractivity (Wildman–Crippen MR) is 117 cm³/mol. The number of carbonyl (C=O) groups is 2. The Bertz CT molecular complexity index is 850. The predicted octanol–water partition coefficient (Wildman–Crippen LogP) is 3.69. The van der Waals surface area contributed by atoms with Crippen LogP contribution in [0.1, 0.15) is 51.5 Å². The Morgan fingerprint density at radius 2 is 1.83 bits per heavy atom. The van der Waals surface area contributed by atoms with Crippen LogP contribution >= 0.6 is 0 Å². The van der Waals surface area contributed by atoms with Crippen molar-refractivity contribution in [1.29, 1.82) is 0 Å². The summed E-state index contributed by atoms with van der Waals surface area (Å²) in [4.78, 5) is 28.2. The van der Waals surface area contributed by atoms with E-state index in [4.69, 9.17) is 9.47 Å². The van der Waals surface area contributed by atoms with E-state index in [1.165, 1.54) is 0 Å². The van der Waals surface area contributed by atoms with Gasteiger partial charge < -0.3 is 19.7 Å². The number of ketones is 1. The first-order valence-electron chi connectivity index (χ1n) is 10.8. The van der Waals surface area contributed by atoms with Crippen LogP contribution in [-0.2, 0) is 19.1 Å². The summed E-state index contributed by atoms with van der Waals surface area (Å²) in [6.45, 7) is 8.50. The third-order valence-electron chi connectivity index (χ3n) is 5.87. The van der Waals surface area contributed by atoms with Crippen molar-refractivity contribution in [3.63, 3.8) is 0 Å². The van der Waals surface area contributed by atoms with Crippen molar-refractivity contribution in [3.8, 4) is 0 Å². The molecule has 0 saturated carbocycles. The highest BCUT2D eigenvalue weighted by Crippen LogP contribution is 2.42. The van der Waals surface area contributed by atoms with E-state index < -0.39 is 11.9 Å². The summed E-state index contributed by atoms with van der Waals surface area (Å²) in [6.07, 6.45) is 2.16. The molecule has 1 aliphatic heterocycles. The standard InChI is InChI=1S/C24H32N2O4/c1-5-26(6-2)18-12-10-17(11-13-18)22-21(24(28)30-15-14-29-4)16(3)25-19-8-7-9-20(27)23(19)22/h10-13,22,25H,5-9,14-15H2,1-4H3/t22-/m0/s1. The molecule has 6 nitrogen and oxygen atoms in total. The molecule has 0 unspecified atom stereocenters. The van der Waals surface area contributed by atoms with Gasteiger partial charge in [0.25, 0.3) is 0 Å². The van der Waals surface area contributed by atoms with Gasteiger partial charge in [-0.2, -0.15) is 0 Å². The SMILES string of the molecule is CCN(CC)c1ccc([C@H]2C(C(=O)OCCOC)=C(C)NC3=C2C(=O)CCC3)cc1. The van der Waals surface area contributed by atoms with E-state index in [2.05, 4.69) is 36.2 Å². The maximum atomic E-state index is 13.0. The van der Waals surface area contributed by atoms with E-state index in [-0.39, 0.29) is 12.4 Å². The molecule has 1 heterocycles. The minimum Gasteiger partial charge on any atom is -0.460 e. The molecule has 162 valence electrons. The van der Waals surface area contributed by atoms with Gasteiger partial charge >= 0.3 is 5.97 Å². The van der Waals surface area contributed by atoms with Gasteiger partial charge in [-0.3, -0.25) is 4.79 Å². The van der Waals surface area contributed by atoms with Gasteiger partial charge in [0, 0.05) is 55.2 Å². The minimum absolute atomic E-state index is 0.108. The van der Waals surface area contributed by atoms with Gasteiger partial charge in [-0.25, -0.2) is 4.79 Å². The first-order valence-corrected chi connectivity index (χ1v) is 10.8. The smallest absolute Gasteiger partial charge is 0.336 e. The van der Waals surface area contributed by atoms with Gasteiger partial charge in [-0.1, -0.05) is 12.1 Å². The maximum absolute atomic E-state index is 13.0. The van der Waals surface area contributed by atoms with Crippen molar-refractivity contribution in [2.75, 3.05) is 38.3 Å². The molecule has 0 saturated heterocycles. The third kappa shape index (κ3) is 4.43. The summed E-state index contributed by atoms with van der Waals surface area (Å²) in [5, 5.41) is 3.32. The molecular formula is C24H32N2O4. The maximum Gasteiger partial charge on any atom is 0.336 e. The van der Waals surface area contributed by atoms with Crippen LogP contribution in [0.25, 0.3) is 0 Å². The molecule has 0 fully saturated rings. The van der Waals surface area contributed by atoms with E-state index in [1.54, 1.807) is 7.11 Å². The molecule has 1 atom stereocenters. The number of hydrogen-bond donors (Lipinski definition) is 1. The molecule has 1 aromatic carbocycles. The average Bonchev–Trinajstić information content (AvgIpc) is 2.74. The quantitative estimate of drug-likeness (QED) is 0.519. The fourth-order valence-corrected chi connectivity index (χ4v) is 4.35. The Hall–Kier alpha value is -2.60. The number of carbonyl (C=O) groups excluding carboxylic acids is 2. The lowest BCUT2D eigenvalue weighted by Crippen LogP contribution is -2.34. The molecule has 0 aromatic heterocycles. The second-order valence-corrected chi connectivity index (χ2v) is 7.66. The zero-order valence-electron chi connectivity index (χ0n) is 18.4. The second kappa shape index (κ2) is 9.94. The Morgan fingerprint density at radius 3 is 2.47 bits per heavy atom. The van der Waals surface area contributed by atoms with Crippen LogP contribution in [0.5, 0.6) is 0 Å². The van der Waals surface area contributed by atoms with E-state index in [1.807, 2.05) is 19.1 Å². The number of nitrogens with one attached hydrogen (secondary N) is 1. The highest BCUT2D eigenvalue weighted by Gasteiger charge is 2.39.